The van der Waals surface area contributed by atoms with Gasteiger partial charge in [0.05, 0.1) is 16.7 Å². The van der Waals surface area contributed by atoms with Crippen LogP contribution in [0.2, 0.25) is 0 Å². The van der Waals surface area contributed by atoms with Crippen molar-refractivity contribution in [3.8, 4) is 33.5 Å². The van der Waals surface area contributed by atoms with Gasteiger partial charge >= 0.3 is 0 Å². The van der Waals surface area contributed by atoms with Crippen LogP contribution in [-0.4, -0.2) is 9.97 Å². The molecule has 0 N–H and O–H groups in total. The summed E-state index contributed by atoms with van der Waals surface area (Å²) in [5.41, 5.74) is 8.81. The Morgan fingerprint density at radius 3 is 2.06 bits per heavy atom. The zero-order valence-electron chi connectivity index (χ0n) is 19.6. The molecule has 0 amide bonds. The van der Waals surface area contributed by atoms with E-state index in [2.05, 4.69) is 120 Å². The molecule has 5 aromatic carbocycles. The number of nitrogens with zero attached hydrogens (tertiary/aromatic N) is 2. The second kappa shape index (κ2) is 8.44. The molecule has 2 heteroatoms. The van der Waals surface area contributed by atoms with E-state index in [0.29, 0.717) is 0 Å². The van der Waals surface area contributed by atoms with Crippen molar-refractivity contribution >= 4 is 32.6 Å². The minimum Gasteiger partial charge on any atom is -0.256 e. The van der Waals surface area contributed by atoms with Gasteiger partial charge in [0.25, 0.3) is 0 Å². The molecule has 36 heavy (non-hydrogen) atoms. The van der Waals surface area contributed by atoms with E-state index in [-0.39, 0.29) is 0 Å². The molecule has 0 saturated carbocycles. The lowest BCUT2D eigenvalue weighted by Crippen LogP contribution is -1.91. The van der Waals surface area contributed by atoms with Crippen molar-refractivity contribution in [2.45, 2.75) is 0 Å². The van der Waals surface area contributed by atoms with Crippen LogP contribution < -0.4 is 0 Å². The van der Waals surface area contributed by atoms with Gasteiger partial charge in [-0.2, -0.15) is 0 Å². The molecule has 0 saturated heterocycles. The van der Waals surface area contributed by atoms with E-state index in [0.717, 1.165) is 38.8 Å². The predicted octanol–water partition coefficient (Wildman–Crippen LogP) is 8.94. The summed E-state index contributed by atoms with van der Waals surface area (Å²) in [6.45, 7) is 0. The molecule has 0 unspecified atom stereocenters. The molecule has 0 bridgehead atoms. The molecule has 168 valence electrons. The molecule has 2 heterocycles. The molecular weight excluding hydrogens is 436 g/mol. The van der Waals surface area contributed by atoms with Gasteiger partial charge in [-0.15, -0.1) is 0 Å². The Morgan fingerprint density at radius 1 is 0.472 bits per heavy atom. The maximum atomic E-state index is 5.07. The summed E-state index contributed by atoms with van der Waals surface area (Å²) >= 11 is 0. The van der Waals surface area contributed by atoms with Crippen molar-refractivity contribution in [2.24, 2.45) is 0 Å². The third-order valence-electron chi connectivity index (χ3n) is 6.91. The molecule has 0 atom stereocenters. The lowest BCUT2D eigenvalue weighted by atomic mass is 9.93. The molecule has 0 radical (unpaired) electrons. The minimum atomic E-state index is 0.982. The van der Waals surface area contributed by atoms with Gasteiger partial charge in [0.2, 0.25) is 0 Å². The van der Waals surface area contributed by atoms with Crippen LogP contribution in [0, 0.1) is 0 Å². The zero-order valence-corrected chi connectivity index (χ0v) is 19.6. The zero-order chi connectivity index (χ0) is 23.9. The highest BCUT2D eigenvalue weighted by molar-refractivity contribution is 6.13. The van der Waals surface area contributed by atoms with E-state index in [1.165, 1.54) is 27.3 Å². The number of aromatic nitrogens is 2. The number of pyridine rings is 2. The molecular formula is C34H22N2. The first-order chi connectivity index (χ1) is 17.8. The standard InChI is InChI=1S/C34H22N2/c1-2-9-26(10-3-1)32-22-30(33-28-13-5-4-8-23(28)19-20-31(33)36-32)25-17-15-24(16-18-25)29-14-6-11-27-12-7-21-35-34(27)29/h1-22H. The number of hydrogen-bond acceptors (Lipinski definition) is 2. The summed E-state index contributed by atoms with van der Waals surface area (Å²) in [5, 5.41) is 4.78. The molecule has 2 aromatic heterocycles. The van der Waals surface area contributed by atoms with Crippen LogP contribution >= 0.6 is 0 Å². The quantitative estimate of drug-likeness (QED) is 0.247. The van der Waals surface area contributed by atoms with Gasteiger partial charge in [-0.25, -0.2) is 4.98 Å². The van der Waals surface area contributed by atoms with E-state index in [9.17, 15) is 0 Å². The van der Waals surface area contributed by atoms with Crippen molar-refractivity contribution < 1.29 is 0 Å². The highest BCUT2D eigenvalue weighted by atomic mass is 14.7. The lowest BCUT2D eigenvalue weighted by molar-refractivity contribution is 1.40. The van der Waals surface area contributed by atoms with Crippen LogP contribution in [0.5, 0.6) is 0 Å². The highest BCUT2D eigenvalue weighted by Crippen LogP contribution is 2.37. The molecule has 0 aliphatic heterocycles. The van der Waals surface area contributed by atoms with Crippen LogP contribution in [-0.2, 0) is 0 Å². The Kier molecular flexibility index (Phi) is 4.82. The Balaban J connectivity index is 1.45. The van der Waals surface area contributed by atoms with Crippen LogP contribution in [0.4, 0.5) is 0 Å². The fourth-order valence-corrected chi connectivity index (χ4v) is 5.16. The van der Waals surface area contributed by atoms with Crippen LogP contribution in [0.15, 0.2) is 134 Å². The number of benzene rings is 5. The molecule has 7 rings (SSSR count). The predicted molar refractivity (Wildman–Crippen MR) is 151 cm³/mol. The Bertz CT molecular complexity index is 1870. The number of hydrogen-bond donors (Lipinski definition) is 0. The van der Waals surface area contributed by atoms with Crippen molar-refractivity contribution in [2.75, 3.05) is 0 Å². The second-order valence-corrected chi connectivity index (χ2v) is 9.06. The summed E-state index contributed by atoms with van der Waals surface area (Å²) in [4.78, 5) is 9.72. The number of rotatable bonds is 3. The van der Waals surface area contributed by atoms with Crippen molar-refractivity contribution in [3.05, 3.63) is 134 Å². The largest absolute Gasteiger partial charge is 0.256 e. The normalized spacial score (nSPS) is 11.3. The van der Waals surface area contributed by atoms with Gasteiger partial charge in [-0.3, -0.25) is 4.98 Å². The van der Waals surface area contributed by atoms with Gasteiger partial charge in [0.15, 0.2) is 0 Å². The third-order valence-corrected chi connectivity index (χ3v) is 6.91. The maximum absolute atomic E-state index is 5.07. The van der Waals surface area contributed by atoms with Crippen molar-refractivity contribution in [1.82, 2.24) is 9.97 Å². The summed E-state index contributed by atoms with van der Waals surface area (Å²) in [6, 6.07) is 44.8. The molecule has 0 fully saturated rings. The molecule has 7 aromatic rings. The summed E-state index contributed by atoms with van der Waals surface area (Å²) in [7, 11) is 0. The Morgan fingerprint density at radius 2 is 1.19 bits per heavy atom. The van der Waals surface area contributed by atoms with Gasteiger partial charge in [-0.1, -0.05) is 109 Å². The lowest BCUT2D eigenvalue weighted by Gasteiger charge is -2.14. The fourth-order valence-electron chi connectivity index (χ4n) is 5.16. The summed E-state index contributed by atoms with van der Waals surface area (Å²) in [6.07, 6.45) is 1.86. The second-order valence-electron chi connectivity index (χ2n) is 9.06. The summed E-state index contributed by atoms with van der Waals surface area (Å²) in [5.74, 6) is 0. The molecule has 0 aliphatic rings. The fraction of sp³-hybridized carbons (Fsp3) is 0. The SMILES string of the molecule is c1ccc(-c2cc(-c3ccc(-c4cccc5cccnc45)cc3)c3c(ccc4ccccc43)n2)cc1. The molecule has 2 nitrogen and oxygen atoms in total. The first-order valence-electron chi connectivity index (χ1n) is 12.2. The average Bonchev–Trinajstić information content (AvgIpc) is 2.97. The average molecular weight is 459 g/mol. The van der Waals surface area contributed by atoms with E-state index in [1.54, 1.807) is 0 Å². The van der Waals surface area contributed by atoms with E-state index in [1.807, 2.05) is 18.3 Å². The topological polar surface area (TPSA) is 25.8 Å². The highest BCUT2D eigenvalue weighted by Gasteiger charge is 2.13. The number of para-hydroxylation sites is 1. The minimum absolute atomic E-state index is 0.982. The van der Waals surface area contributed by atoms with Crippen LogP contribution in [0.25, 0.3) is 66.1 Å². The third kappa shape index (κ3) is 3.43. The van der Waals surface area contributed by atoms with Gasteiger partial charge in [0, 0.05) is 28.1 Å². The van der Waals surface area contributed by atoms with Gasteiger partial charge < -0.3 is 0 Å². The summed E-state index contributed by atoms with van der Waals surface area (Å²) < 4.78 is 0. The first-order valence-corrected chi connectivity index (χ1v) is 12.2. The van der Waals surface area contributed by atoms with Gasteiger partial charge in [0.1, 0.15) is 0 Å². The Hall–Kier alpha value is -4.82. The van der Waals surface area contributed by atoms with E-state index < -0.39 is 0 Å². The van der Waals surface area contributed by atoms with E-state index >= 15 is 0 Å². The van der Waals surface area contributed by atoms with Crippen molar-refractivity contribution in [1.29, 1.82) is 0 Å². The first kappa shape index (κ1) is 20.5. The van der Waals surface area contributed by atoms with Gasteiger partial charge in [-0.05, 0) is 45.7 Å². The number of fused-ring (bicyclic) bond motifs is 4. The molecule has 0 aliphatic carbocycles. The Labute approximate surface area is 209 Å². The van der Waals surface area contributed by atoms with E-state index in [4.69, 9.17) is 4.98 Å². The van der Waals surface area contributed by atoms with Crippen molar-refractivity contribution in [3.63, 3.8) is 0 Å². The van der Waals surface area contributed by atoms with Crippen LogP contribution in [0.3, 0.4) is 0 Å². The smallest absolute Gasteiger partial charge is 0.0780 e. The molecule has 0 spiro atoms. The maximum Gasteiger partial charge on any atom is 0.0780 e. The monoisotopic (exact) mass is 458 g/mol. The van der Waals surface area contributed by atoms with Crippen LogP contribution in [0.1, 0.15) is 0 Å².